The molecule has 2 amide bonds. The van der Waals surface area contributed by atoms with Crippen molar-refractivity contribution in [2.45, 2.75) is 19.9 Å². The lowest BCUT2D eigenvalue weighted by molar-refractivity contribution is -0.115. The Balaban J connectivity index is 1.72. The van der Waals surface area contributed by atoms with Gasteiger partial charge in [0.25, 0.3) is 5.91 Å². The molecule has 0 aromatic heterocycles. The summed E-state index contributed by atoms with van der Waals surface area (Å²) in [5.41, 5.74) is 2.42. The fraction of sp³-hybridized carbons (Fsp3) is 0.259. The van der Waals surface area contributed by atoms with Crippen LogP contribution in [-0.4, -0.2) is 32.6 Å². The number of hydrogen-bond acceptors (Lipinski definition) is 5. The zero-order valence-electron chi connectivity index (χ0n) is 20.2. The average Bonchev–Trinajstić information content (AvgIpc) is 2.86. The van der Waals surface area contributed by atoms with Crippen LogP contribution < -0.4 is 25.4 Å². The summed E-state index contributed by atoms with van der Waals surface area (Å²) in [6.07, 6.45) is 0. The van der Waals surface area contributed by atoms with E-state index in [0.29, 0.717) is 33.5 Å². The summed E-state index contributed by atoms with van der Waals surface area (Å²) in [6.45, 7) is 4.25. The van der Waals surface area contributed by atoms with E-state index in [0.717, 1.165) is 5.56 Å². The van der Waals surface area contributed by atoms with Crippen LogP contribution in [0.5, 0.6) is 11.5 Å². The highest BCUT2D eigenvalue weighted by Crippen LogP contribution is 2.36. The summed E-state index contributed by atoms with van der Waals surface area (Å²) in [6, 6.07) is 19.6. The van der Waals surface area contributed by atoms with Gasteiger partial charge in [0, 0.05) is 28.8 Å². The Morgan fingerprint density at radius 2 is 1.43 bits per heavy atom. The van der Waals surface area contributed by atoms with Gasteiger partial charge in [-0.05, 0) is 35.7 Å². The molecule has 0 radical (unpaired) electrons. The Hall–Kier alpha value is -3.55. The van der Waals surface area contributed by atoms with Gasteiger partial charge in [-0.1, -0.05) is 55.8 Å². The molecule has 8 heteroatoms. The van der Waals surface area contributed by atoms with Crippen molar-refractivity contribution in [1.29, 1.82) is 0 Å². The number of halogens is 1. The normalized spacial score (nSPS) is 11.6. The van der Waals surface area contributed by atoms with Crippen LogP contribution in [-0.2, 0) is 4.79 Å². The van der Waals surface area contributed by atoms with Crippen LogP contribution in [0.3, 0.4) is 0 Å². The summed E-state index contributed by atoms with van der Waals surface area (Å²) in [5.74, 6) is 0.506. The van der Waals surface area contributed by atoms with Crippen LogP contribution in [0.25, 0.3) is 0 Å². The zero-order chi connectivity index (χ0) is 25.4. The van der Waals surface area contributed by atoms with Crippen molar-refractivity contribution in [2.24, 2.45) is 5.92 Å². The molecule has 35 heavy (non-hydrogen) atoms. The van der Waals surface area contributed by atoms with Crippen molar-refractivity contribution in [3.8, 4) is 11.5 Å². The smallest absolute Gasteiger partial charge is 0.255 e. The van der Waals surface area contributed by atoms with Crippen LogP contribution in [0.4, 0.5) is 11.4 Å². The maximum Gasteiger partial charge on any atom is 0.255 e. The third kappa shape index (κ3) is 6.97. The Bertz CT molecular complexity index is 1150. The van der Waals surface area contributed by atoms with Gasteiger partial charge < -0.3 is 25.4 Å². The van der Waals surface area contributed by atoms with E-state index < -0.39 is 0 Å². The molecule has 0 saturated carbocycles. The first-order valence-corrected chi connectivity index (χ1v) is 11.6. The molecule has 0 fully saturated rings. The summed E-state index contributed by atoms with van der Waals surface area (Å²) in [7, 11) is 2.99. The minimum atomic E-state index is -0.283. The molecule has 184 valence electrons. The SMILES string of the molecule is COc1cc(NC(=O)c2ccccc2)c(OC)cc1NC(=O)CNC(c1ccc(Cl)cc1)C(C)C. The Kier molecular flexibility index (Phi) is 9.11. The van der Waals surface area contributed by atoms with Crippen molar-refractivity contribution in [3.05, 3.63) is 82.9 Å². The van der Waals surface area contributed by atoms with E-state index in [1.807, 2.05) is 30.3 Å². The van der Waals surface area contributed by atoms with Gasteiger partial charge in [-0.3, -0.25) is 9.59 Å². The van der Waals surface area contributed by atoms with Crippen LogP contribution in [0.2, 0.25) is 5.02 Å². The molecule has 0 heterocycles. The van der Waals surface area contributed by atoms with E-state index in [4.69, 9.17) is 21.1 Å². The van der Waals surface area contributed by atoms with E-state index in [1.165, 1.54) is 14.2 Å². The maximum absolute atomic E-state index is 12.8. The molecule has 0 aliphatic rings. The van der Waals surface area contributed by atoms with Gasteiger partial charge in [-0.2, -0.15) is 0 Å². The molecule has 1 atom stereocenters. The molecule has 0 aliphatic carbocycles. The largest absolute Gasteiger partial charge is 0.494 e. The third-order valence-corrected chi connectivity index (χ3v) is 5.71. The van der Waals surface area contributed by atoms with E-state index in [2.05, 4.69) is 29.8 Å². The Morgan fingerprint density at radius 3 is 1.97 bits per heavy atom. The maximum atomic E-state index is 12.8. The number of ether oxygens (including phenoxy) is 2. The zero-order valence-corrected chi connectivity index (χ0v) is 21.0. The molecule has 3 aromatic rings. The highest BCUT2D eigenvalue weighted by Gasteiger charge is 2.19. The lowest BCUT2D eigenvalue weighted by Gasteiger charge is -2.23. The first-order chi connectivity index (χ1) is 16.8. The average molecular weight is 496 g/mol. The van der Waals surface area contributed by atoms with Crippen LogP contribution in [0, 0.1) is 5.92 Å². The third-order valence-electron chi connectivity index (χ3n) is 5.46. The topological polar surface area (TPSA) is 88.7 Å². The molecule has 7 nitrogen and oxygen atoms in total. The first-order valence-electron chi connectivity index (χ1n) is 11.2. The second kappa shape index (κ2) is 12.2. The number of rotatable bonds is 10. The van der Waals surface area contributed by atoms with Crippen molar-refractivity contribution in [3.63, 3.8) is 0 Å². The molecule has 0 bridgehead atoms. The lowest BCUT2D eigenvalue weighted by atomic mass is 9.96. The monoisotopic (exact) mass is 495 g/mol. The van der Waals surface area contributed by atoms with Gasteiger partial charge in [-0.25, -0.2) is 0 Å². The van der Waals surface area contributed by atoms with Crippen LogP contribution >= 0.6 is 11.6 Å². The predicted octanol–water partition coefficient (Wildman–Crippen LogP) is 5.53. The Labute approximate surface area is 210 Å². The molecular weight excluding hydrogens is 466 g/mol. The van der Waals surface area contributed by atoms with E-state index in [1.54, 1.807) is 36.4 Å². The van der Waals surface area contributed by atoms with Gasteiger partial charge in [0.05, 0.1) is 32.1 Å². The van der Waals surface area contributed by atoms with Crippen LogP contribution in [0.1, 0.15) is 35.8 Å². The molecule has 0 aliphatic heterocycles. The molecule has 3 aromatic carbocycles. The molecule has 3 N–H and O–H groups in total. The van der Waals surface area contributed by atoms with E-state index in [-0.39, 0.29) is 30.3 Å². The molecule has 3 rings (SSSR count). The van der Waals surface area contributed by atoms with Gasteiger partial charge >= 0.3 is 0 Å². The summed E-state index contributed by atoms with van der Waals surface area (Å²) >= 11 is 6.01. The number of methoxy groups -OCH3 is 2. The Morgan fingerprint density at radius 1 is 0.857 bits per heavy atom. The lowest BCUT2D eigenvalue weighted by Crippen LogP contribution is -2.33. The molecule has 0 saturated heterocycles. The summed E-state index contributed by atoms with van der Waals surface area (Å²) < 4.78 is 10.9. The quantitative estimate of drug-likeness (QED) is 0.344. The highest BCUT2D eigenvalue weighted by molar-refractivity contribution is 6.30. The van der Waals surface area contributed by atoms with Crippen LogP contribution in [0.15, 0.2) is 66.7 Å². The van der Waals surface area contributed by atoms with E-state index >= 15 is 0 Å². The van der Waals surface area contributed by atoms with Crippen molar-refractivity contribution >= 4 is 34.8 Å². The summed E-state index contributed by atoms with van der Waals surface area (Å²) in [5, 5.41) is 9.67. The number of carbonyl (C=O) groups is 2. The van der Waals surface area contributed by atoms with Gasteiger partial charge in [0.2, 0.25) is 5.91 Å². The number of amides is 2. The minimum absolute atomic E-state index is 0.0231. The number of nitrogens with one attached hydrogen (secondary N) is 3. The first kappa shape index (κ1) is 26.1. The van der Waals surface area contributed by atoms with Gasteiger partial charge in [0.1, 0.15) is 11.5 Å². The number of benzene rings is 3. The van der Waals surface area contributed by atoms with Gasteiger partial charge in [-0.15, -0.1) is 0 Å². The minimum Gasteiger partial charge on any atom is -0.494 e. The number of hydrogen-bond donors (Lipinski definition) is 3. The molecule has 1 unspecified atom stereocenters. The fourth-order valence-electron chi connectivity index (χ4n) is 3.68. The van der Waals surface area contributed by atoms with Crippen molar-refractivity contribution in [2.75, 3.05) is 31.4 Å². The van der Waals surface area contributed by atoms with Gasteiger partial charge in [0.15, 0.2) is 0 Å². The molecular formula is C27H30ClN3O4. The number of anilines is 2. The second-order valence-corrected chi connectivity index (χ2v) is 8.71. The van der Waals surface area contributed by atoms with Crippen molar-refractivity contribution < 1.29 is 19.1 Å². The van der Waals surface area contributed by atoms with Crippen molar-refractivity contribution in [1.82, 2.24) is 5.32 Å². The second-order valence-electron chi connectivity index (χ2n) is 8.28. The fourth-order valence-corrected chi connectivity index (χ4v) is 3.81. The molecule has 0 spiro atoms. The number of carbonyl (C=O) groups excluding carboxylic acids is 2. The predicted molar refractivity (Wildman–Crippen MR) is 140 cm³/mol. The van der Waals surface area contributed by atoms with E-state index in [9.17, 15) is 9.59 Å². The summed E-state index contributed by atoms with van der Waals surface area (Å²) in [4.78, 5) is 25.4. The standard InChI is InChI=1S/C27H30ClN3O4/c1-17(2)26(18-10-12-20(28)13-11-18)29-16-25(32)30-21-14-24(35-4)22(15-23(21)34-3)31-27(33)19-8-6-5-7-9-19/h5-15,17,26,29H,16H2,1-4H3,(H,30,32)(H,31,33). The highest BCUT2D eigenvalue weighted by atomic mass is 35.5.